The molecule has 1 atom stereocenters. The molecule has 35 heavy (non-hydrogen) atoms. The standard InChI is InChI=1S/C20H17Cl2F3N4O5S/c1-28-9-26-12-4-5-14(17(22)15(12)19(28)30)34-18-11(23)2-3-13(16(18)21)27-35(31,32)29-7-6-10(8-29)33-20(24)25/h2-5,9-10,20,27H,6-8H2,1H3. The fourth-order valence-corrected chi connectivity index (χ4v) is 5.36. The van der Waals surface area contributed by atoms with Gasteiger partial charge in [0, 0.05) is 20.1 Å². The number of ether oxygens (including phenoxy) is 2. The smallest absolute Gasteiger partial charge is 0.345 e. The molecule has 4 rings (SSSR count). The Labute approximate surface area is 207 Å². The van der Waals surface area contributed by atoms with Gasteiger partial charge in [0.05, 0.1) is 34.0 Å². The fourth-order valence-electron chi connectivity index (χ4n) is 3.51. The first-order valence-electron chi connectivity index (χ1n) is 9.99. The molecule has 1 aromatic heterocycles. The van der Waals surface area contributed by atoms with Crippen molar-refractivity contribution < 1.29 is 31.1 Å². The molecule has 0 aliphatic carbocycles. The van der Waals surface area contributed by atoms with Crippen LogP contribution in [0.3, 0.4) is 0 Å². The predicted octanol–water partition coefficient (Wildman–Crippen LogP) is 4.14. The number of benzene rings is 2. The van der Waals surface area contributed by atoms with Crippen molar-refractivity contribution in [2.24, 2.45) is 7.05 Å². The van der Waals surface area contributed by atoms with Gasteiger partial charge in [-0.3, -0.25) is 9.52 Å². The van der Waals surface area contributed by atoms with Crippen LogP contribution >= 0.6 is 23.2 Å². The number of aryl methyl sites for hydroxylation is 1. The highest BCUT2D eigenvalue weighted by Gasteiger charge is 2.34. The van der Waals surface area contributed by atoms with E-state index < -0.39 is 45.1 Å². The predicted molar refractivity (Wildman–Crippen MR) is 123 cm³/mol. The molecule has 3 aromatic rings. The molecule has 15 heteroatoms. The number of nitrogens with one attached hydrogen (secondary N) is 1. The van der Waals surface area contributed by atoms with Crippen LogP contribution in [-0.2, 0) is 22.0 Å². The van der Waals surface area contributed by atoms with Crippen LogP contribution in [0.4, 0.5) is 18.9 Å². The molecule has 0 bridgehead atoms. The molecular formula is C20H17Cl2F3N4O5S. The lowest BCUT2D eigenvalue weighted by atomic mass is 10.2. The van der Waals surface area contributed by atoms with E-state index in [9.17, 15) is 26.4 Å². The minimum atomic E-state index is -4.24. The maximum Gasteiger partial charge on any atom is 0.345 e. The van der Waals surface area contributed by atoms with E-state index in [1.807, 2.05) is 0 Å². The molecule has 0 radical (unpaired) electrons. The van der Waals surface area contributed by atoms with Crippen molar-refractivity contribution in [3.63, 3.8) is 0 Å². The lowest BCUT2D eigenvalue weighted by molar-refractivity contribution is -0.157. The van der Waals surface area contributed by atoms with E-state index in [1.165, 1.54) is 30.1 Å². The zero-order valence-electron chi connectivity index (χ0n) is 17.8. The van der Waals surface area contributed by atoms with Crippen LogP contribution < -0.4 is 15.0 Å². The van der Waals surface area contributed by atoms with Gasteiger partial charge in [-0.2, -0.15) is 21.5 Å². The fraction of sp³-hybridized carbons (Fsp3) is 0.300. The minimum absolute atomic E-state index is 0.0390. The van der Waals surface area contributed by atoms with E-state index in [4.69, 9.17) is 27.9 Å². The van der Waals surface area contributed by atoms with Gasteiger partial charge < -0.3 is 14.0 Å². The average Bonchev–Trinajstić information content (AvgIpc) is 3.26. The van der Waals surface area contributed by atoms with Crippen LogP contribution in [0.15, 0.2) is 35.4 Å². The third-order valence-corrected chi connectivity index (χ3v) is 7.47. The Morgan fingerprint density at radius 1 is 1.20 bits per heavy atom. The molecule has 2 aromatic carbocycles. The number of aromatic nitrogens is 2. The summed E-state index contributed by atoms with van der Waals surface area (Å²) in [5.41, 5.74) is -0.396. The van der Waals surface area contributed by atoms with Gasteiger partial charge in [-0.25, -0.2) is 9.37 Å². The first-order valence-corrected chi connectivity index (χ1v) is 12.2. The van der Waals surface area contributed by atoms with E-state index in [2.05, 4.69) is 14.4 Å². The van der Waals surface area contributed by atoms with Gasteiger partial charge in [0.15, 0.2) is 11.6 Å². The van der Waals surface area contributed by atoms with Gasteiger partial charge in [-0.05, 0) is 30.7 Å². The highest BCUT2D eigenvalue weighted by atomic mass is 35.5. The van der Waals surface area contributed by atoms with Crippen LogP contribution in [0.25, 0.3) is 10.9 Å². The quantitative estimate of drug-likeness (QED) is 0.472. The van der Waals surface area contributed by atoms with Crippen LogP contribution in [0, 0.1) is 5.82 Å². The molecule has 0 spiro atoms. The largest absolute Gasteiger partial charge is 0.451 e. The van der Waals surface area contributed by atoms with Crippen molar-refractivity contribution in [2.45, 2.75) is 19.1 Å². The second kappa shape index (κ2) is 9.82. The van der Waals surface area contributed by atoms with Crippen molar-refractivity contribution in [3.05, 3.63) is 56.8 Å². The van der Waals surface area contributed by atoms with E-state index in [1.54, 1.807) is 0 Å². The number of hydrogen-bond acceptors (Lipinski definition) is 6. The van der Waals surface area contributed by atoms with Crippen molar-refractivity contribution in [3.8, 4) is 11.5 Å². The van der Waals surface area contributed by atoms with Crippen molar-refractivity contribution >= 4 is 50.0 Å². The number of anilines is 1. The summed E-state index contributed by atoms with van der Waals surface area (Å²) in [6.45, 7) is -3.39. The molecule has 1 fully saturated rings. The van der Waals surface area contributed by atoms with Crippen LogP contribution in [-0.4, -0.2) is 48.1 Å². The maximum atomic E-state index is 14.6. The van der Waals surface area contributed by atoms with E-state index in [0.717, 1.165) is 16.4 Å². The van der Waals surface area contributed by atoms with E-state index in [-0.39, 0.29) is 41.4 Å². The summed E-state index contributed by atoms with van der Waals surface area (Å²) in [5, 5.41) is -0.527. The third kappa shape index (κ3) is 5.19. The first-order chi connectivity index (χ1) is 16.5. The Hall–Kier alpha value is -2.58. The summed E-state index contributed by atoms with van der Waals surface area (Å²) in [7, 11) is -2.76. The molecule has 1 saturated heterocycles. The van der Waals surface area contributed by atoms with Gasteiger partial charge in [0.1, 0.15) is 10.8 Å². The second-order valence-corrected chi connectivity index (χ2v) is 9.97. The highest BCUT2D eigenvalue weighted by Crippen LogP contribution is 2.41. The van der Waals surface area contributed by atoms with Gasteiger partial charge in [-0.1, -0.05) is 23.2 Å². The lowest BCUT2D eigenvalue weighted by Gasteiger charge is -2.19. The van der Waals surface area contributed by atoms with Crippen molar-refractivity contribution in [1.82, 2.24) is 13.9 Å². The summed E-state index contributed by atoms with van der Waals surface area (Å²) < 4.78 is 79.1. The summed E-state index contributed by atoms with van der Waals surface area (Å²) >= 11 is 12.6. The molecule has 9 nitrogen and oxygen atoms in total. The highest BCUT2D eigenvalue weighted by molar-refractivity contribution is 7.90. The van der Waals surface area contributed by atoms with Gasteiger partial charge >= 0.3 is 16.8 Å². The Bertz CT molecular complexity index is 1450. The lowest BCUT2D eigenvalue weighted by Crippen LogP contribution is -2.35. The van der Waals surface area contributed by atoms with Gasteiger partial charge in [-0.15, -0.1) is 0 Å². The van der Waals surface area contributed by atoms with Crippen molar-refractivity contribution in [1.29, 1.82) is 0 Å². The molecule has 1 aliphatic heterocycles. The molecule has 1 aliphatic rings. The summed E-state index contributed by atoms with van der Waals surface area (Å²) in [6.07, 6.45) is 0.424. The molecule has 1 N–H and O–H groups in total. The number of halogens is 5. The van der Waals surface area contributed by atoms with Crippen molar-refractivity contribution in [2.75, 3.05) is 17.8 Å². The molecule has 2 heterocycles. The number of rotatable bonds is 7. The average molecular weight is 553 g/mol. The molecule has 1 unspecified atom stereocenters. The Morgan fingerprint density at radius 3 is 2.66 bits per heavy atom. The van der Waals surface area contributed by atoms with Crippen LogP contribution in [0.2, 0.25) is 10.0 Å². The van der Waals surface area contributed by atoms with Gasteiger partial charge in [0.25, 0.3) is 5.56 Å². The summed E-state index contributed by atoms with van der Waals surface area (Å²) in [4.78, 5) is 16.5. The first kappa shape index (κ1) is 25.5. The maximum absolute atomic E-state index is 14.6. The SMILES string of the molecule is Cn1cnc2ccc(Oc3c(F)ccc(NS(=O)(=O)N4CCC(OC(F)F)C4)c3Cl)c(Cl)c2c1=O. The number of nitrogens with zero attached hydrogens (tertiary/aromatic N) is 3. The Kier molecular flexibility index (Phi) is 7.16. The molecule has 0 amide bonds. The minimum Gasteiger partial charge on any atom is -0.451 e. The number of alkyl halides is 2. The normalized spacial score (nSPS) is 16.8. The van der Waals surface area contributed by atoms with Crippen LogP contribution in [0.5, 0.6) is 11.5 Å². The zero-order chi connectivity index (χ0) is 25.5. The zero-order valence-corrected chi connectivity index (χ0v) is 20.2. The van der Waals surface area contributed by atoms with E-state index >= 15 is 0 Å². The Balaban J connectivity index is 1.62. The molecule has 188 valence electrons. The molecule has 0 saturated carbocycles. The van der Waals surface area contributed by atoms with Crippen LogP contribution in [0.1, 0.15) is 6.42 Å². The number of hydrogen-bond donors (Lipinski definition) is 1. The topological polar surface area (TPSA) is 103 Å². The van der Waals surface area contributed by atoms with E-state index in [0.29, 0.717) is 5.52 Å². The second-order valence-electron chi connectivity index (χ2n) is 7.55. The summed E-state index contributed by atoms with van der Waals surface area (Å²) in [5.74, 6) is -1.59. The summed E-state index contributed by atoms with van der Waals surface area (Å²) in [6, 6.07) is 4.80. The monoisotopic (exact) mass is 552 g/mol. The third-order valence-electron chi connectivity index (χ3n) is 5.23. The van der Waals surface area contributed by atoms with Gasteiger partial charge in [0.2, 0.25) is 0 Å². The molecular weight excluding hydrogens is 536 g/mol. The number of fused-ring (bicyclic) bond motifs is 1. The Morgan fingerprint density at radius 2 is 1.94 bits per heavy atom.